The Bertz CT molecular complexity index is 226. The molecule has 0 radical (unpaired) electrons. The normalized spacial score (nSPS) is 15.5. The molecule has 0 amide bonds. The molecule has 0 aromatic rings. The van der Waals surface area contributed by atoms with Crippen molar-refractivity contribution in [2.24, 2.45) is 16.3 Å². The first kappa shape index (κ1) is 15.2. The van der Waals surface area contributed by atoms with E-state index in [1.165, 1.54) is 0 Å². The second-order valence-electron chi connectivity index (χ2n) is 5.27. The summed E-state index contributed by atoms with van der Waals surface area (Å²) < 4.78 is 0. The predicted molar refractivity (Wildman–Crippen MR) is 67.8 cm³/mol. The van der Waals surface area contributed by atoms with Crippen LogP contribution >= 0.6 is 0 Å². The van der Waals surface area contributed by atoms with E-state index in [0.29, 0.717) is 0 Å². The molecule has 0 saturated heterocycles. The van der Waals surface area contributed by atoms with Crippen LogP contribution in [0.25, 0.3) is 0 Å². The monoisotopic (exact) mass is 230 g/mol. The number of oxime groups is 1. The van der Waals surface area contributed by atoms with E-state index in [9.17, 15) is 0 Å². The second-order valence-corrected chi connectivity index (χ2v) is 5.27. The van der Waals surface area contributed by atoms with Crippen molar-refractivity contribution in [3.63, 3.8) is 0 Å². The third-order valence-electron chi connectivity index (χ3n) is 2.45. The second kappa shape index (κ2) is 6.70. The Morgan fingerprint density at radius 1 is 1.50 bits per heavy atom. The summed E-state index contributed by atoms with van der Waals surface area (Å²) in [6.07, 6.45) is 0.813. The minimum atomic E-state index is -0.0496. The largest absolute Gasteiger partial charge is 0.409 e. The van der Waals surface area contributed by atoms with Crippen molar-refractivity contribution >= 4 is 5.84 Å². The van der Waals surface area contributed by atoms with Crippen LogP contribution in [0.4, 0.5) is 0 Å². The molecule has 0 heterocycles. The molecule has 0 aromatic heterocycles. The van der Waals surface area contributed by atoms with Crippen LogP contribution < -0.4 is 11.1 Å². The average Bonchev–Trinajstić information content (AvgIpc) is 2.16. The molecule has 0 aliphatic heterocycles. The zero-order valence-corrected chi connectivity index (χ0v) is 11.1. The van der Waals surface area contributed by atoms with Crippen molar-refractivity contribution in [3.05, 3.63) is 0 Å². The Balaban J connectivity index is 4.20. The maximum atomic E-state index is 8.63. The van der Waals surface area contributed by atoms with Gasteiger partial charge in [-0.1, -0.05) is 25.9 Å². The summed E-state index contributed by atoms with van der Waals surface area (Å²) in [5.41, 5.74) is 5.74. The Morgan fingerprint density at radius 2 is 2.06 bits per heavy atom. The molecule has 0 bridgehead atoms. The van der Waals surface area contributed by atoms with Crippen molar-refractivity contribution in [1.82, 2.24) is 10.2 Å². The fraction of sp³-hybridized carbons (Fsp3) is 0.909. The van der Waals surface area contributed by atoms with E-state index >= 15 is 0 Å². The van der Waals surface area contributed by atoms with Crippen molar-refractivity contribution in [2.75, 3.05) is 27.2 Å². The van der Waals surface area contributed by atoms with Gasteiger partial charge in [-0.15, -0.1) is 0 Å². The van der Waals surface area contributed by atoms with Gasteiger partial charge in [-0.2, -0.15) is 0 Å². The van der Waals surface area contributed by atoms with Gasteiger partial charge in [-0.25, -0.2) is 0 Å². The van der Waals surface area contributed by atoms with Gasteiger partial charge in [-0.3, -0.25) is 0 Å². The van der Waals surface area contributed by atoms with Crippen molar-refractivity contribution in [2.45, 2.75) is 33.2 Å². The number of rotatable bonds is 7. The van der Waals surface area contributed by atoms with Crippen LogP contribution in [0, 0.1) is 5.41 Å². The van der Waals surface area contributed by atoms with E-state index in [-0.39, 0.29) is 17.3 Å². The van der Waals surface area contributed by atoms with Crippen molar-refractivity contribution in [3.8, 4) is 0 Å². The standard InChI is InChI=1S/C11H26N4O/c1-6-9(10(12)14-16)13-7-11(2,3)8-15(4)5/h9,13,16H,6-8H2,1-5H3,(H2,12,14). The molecule has 16 heavy (non-hydrogen) atoms. The molecule has 5 heteroatoms. The van der Waals surface area contributed by atoms with Crippen LogP contribution in [0.2, 0.25) is 0 Å². The molecule has 0 spiro atoms. The molecule has 0 rings (SSSR count). The van der Waals surface area contributed by atoms with Crippen LogP contribution in [0.5, 0.6) is 0 Å². The summed E-state index contributed by atoms with van der Waals surface area (Å²) in [5, 5.41) is 15.0. The van der Waals surface area contributed by atoms with Gasteiger partial charge >= 0.3 is 0 Å². The van der Waals surface area contributed by atoms with Gasteiger partial charge in [0, 0.05) is 13.1 Å². The SMILES string of the molecule is CCC(NCC(C)(C)CN(C)C)C(N)=NO. The summed E-state index contributed by atoms with van der Waals surface area (Å²) in [6, 6.07) is -0.0496. The van der Waals surface area contributed by atoms with E-state index in [0.717, 1.165) is 19.5 Å². The minimum Gasteiger partial charge on any atom is -0.409 e. The molecule has 0 fully saturated rings. The maximum absolute atomic E-state index is 8.63. The highest BCUT2D eigenvalue weighted by Gasteiger charge is 2.21. The fourth-order valence-corrected chi connectivity index (χ4v) is 1.84. The lowest BCUT2D eigenvalue weighted by atomic mass is 9.92. The summed E-state index contributed by atoms with van der Waals surface area (Å²) in [6.45, 7) is 8.22. The molecule has 1 unspecified atom stereocenters. The lowest BCUT2D eigenvalue weighted by molar-refractivity contribution is 0.228. The fourth-order valence-electron chi connectivity index (χ4n) is 1.84. The molecule has 96 valence electrons. The first-order valence-electron chi connectivity index (χ1n) is 5.68. The number of nitrogens with one attached hydrogen (secondary N) is 1. The Kier molecular flexibility index (Phi) is 6.36. The number of hydrogen-bond acceptors (Lipinski definition) is 4. The van der Waals surface area contributed by atoms with Crippen LogP contribution in [0.15, 0.2) is 5.16 Å². The molecule has 0 saturated carbocycles. The lowest BCUT2D eigenvalue weighted by Gasteiger charge is -2.30. The molecular weight excluding hydrogens is 204 g/mol. The Labute approximate surface area is 98.7 Å². The van der Waals surface area contributed by atoms with Crippen LogP contribution in [-0.2, 0) is 0 Å². The van der Waals surface area contributed by atoms with Crippen molar-refractivity contribution in [1.29, 1.82) is 0 Å². The smallest absolute Gasteiger partial charge is 0.156 e. The van der Waals surface area contributed by atoms with Crippen LogP contribution in [0.3, 0.4) is 0 Å². The molecule has 0 aliphatic rings. The molecule has 0 aromatic carbocycles. The third kappa shape index (κ3) is 5.92. The Morgan fingerprint density at radius 3 is 2.44 bits per heavy atom. The molecular formula is C11H26N4O. The van der Waals surface area contributed by atoms with Gasteiger partial charge in [-0.05, 0) is 25.9 Å². The molecule has 0 aliphatic carbocycles. The molecule has 5 nitrogen and oxygen atoms in total. The van der Waals surface area contributed by atoms with Crippen LogP contribution in [0.1, 0.15) is 27.2 Å². The topological polar surface area (TPSA) is 73.9 Å². The quantitative estimate of drug-likeness (QED) is 0.260. The number of amidine groups is 1. The highest BCUT2D eigenvalue weighted by atomic mass is 16.4. The first-order chi connectivity index (χ1) is 7.32. The zero-order valence-electron chi connectivity index (χ0n) is 11.1. The number of nitrogens with zero attached hydrogens (tertiary/aromatic N) is 2. The summed E-state index contributed by atoms with van der Waals surface area (Å²) >= 11 is 0. The van der Waals surface area contributed by atoms with E-state index in [2.05, 4.69) is 43.3 Å². The van der Waals surface area contributed by atoms with E-state index < -0.39 is 0 Å². The average molecular weight is 230 g/mol. The van der Waals surface area contributed by atoms with Crippen molar-refractivity contribution < 1.29 is 5.21 Å². The van der Waals surface area contributed by atoms with Gasteiger partial charge < -0.3 is 21.2 Å². The summed E-state index contributed by atoms with van der Waals surface area (Å²) in [5.74, 6) is 0.253. The first-order valence-corrected chi connectivity index (χ1v) is 5.68. The molecule has 4 N–H and O–H groups in total. The highest BCUT2D eigenvalue weighted by molar-refractivity contribution is 5.85. The highest BCUT2D eigenvalue weighted by Crippen LogP contribution is 2.14. The Hall–Kier alpha value is -0.810. The van der Waals surface area contributed by atoms with Crippen LogP contribution in [-0.4, -0.2) is 49.2 Å². The predicted octanol–water partition coefficient (Wildman–Crippen LogP) is 0.689. The van der Waals surface area contributed by atoms with Gasteiger partial charge in [0.25, 0.3) is 0 Å². The summed E-state index contributed by atoms with van der Waals surface area (Å²) in [7, 11) is 4.12. The number of nitrogens with two attached hydrogens (primary N) is 1. The third-order valence-corrected chi connectivity index (χ3v) is 2.45. The van der Waals surface area contributed by atoms with Gasteiger partial charge in [0.1, 0.15) is 0 Å². The maximum Gasteiger partial charge on any atom is 0.156 e. The van der Waals surface area contributed by atoms with Gasteiger partial charge in [0.2, 0.25) is 0 Å². The van der Waals surface area contributed by atoms with Gasteiger partial charge in [0.05, 0.1) is 6.04 Å². The van der Waals surface area contributed by atoms with E-state index in [1.807, 2.05) is 6.92 Å². The lowest BCUT2D eigenvalue weighted by Crippen LogP contribution is -2.46. The van der Waals surface area contributed by atoms with Gasteiger partial charge in [0.15, 0.2) is 5.84 Å². The minimum absolute atomic E-state index is 0.0496. The molecule has 1 atom stereocenters. The van der Waals surface area contributed by atoms with E-state index in [1.54, 1.807) is 0 Å². The zero-order chi connectivity index (χ0) is 12.8. The van der Waals surface area contributed by atoms with E-state index in [4.69, 9.17) is 10.9 Å². The number of hydrogen-bond donors (Lipinski definition) is 3. The summed E-state index contributed by atoms with van der Waals surface area (Å²) in [4.78, 5) is 2.16.